The minimum Gasteiger partial charge on any atom is -0.464 e. The number of ether oxygens (including phenoxy) is 1. The third-order valence-corrected chi connectivity index (χ3v) is 6.43. The maximum Gasteiger partial charge on any atom is 0.329 e. The van der Waals surface area contributed by atoms with Crippen LogP contribution >= 0.6 is 11.8 Å². The number of carbonyl (C=O) groups is 3. The molecule has 0 N–H and O–H groups in total. The van der Waals surface area contributed by atoms with E-state index in [0.717, 1.165) is 33.5 Å². The van der Waals surface area contributed by atoms with Gasteiger partial charge in [-0.2, -0.15) is 0 Å². The van der Waals surface area contributed by atoms with E-state index < -0.39 is 23.2 Å². The molecule has 2 aliphatic heterocycles. The molecule has 0 spiro atoms. The van der Waals surface area contributed by atoms with Crippen molar-refractivity contribution in [2.24, 2.45) is 0 Å². The molecule has 166 valence electrons. The van der Waals surface area contributed by atoms with Gasteiger partial charge in [-0.1, -0.05) is 12.1 Å². The van der Waals surface area contributed by atoms with Gasteiger partial charge in [-0.3, -0.25) is 14.5 Å². The Kier molecular flexibility index (Phi) is 6.37. The maximum atomic E-state index is 12.8. The van der Waals surface area contributed by atoms with E-state index in [4.69, 9.17) is 4.74 Å². The summed E-state index contributed by atoms with van der Waals surface area (Å²) in [6, 6.07) is 5.46. The van der Waals surface area contributed by atoms with Crippen LogP contribution in [0.2, 0.25) is 0 Å². The number of benzene rings is 1. The smallest absolute Gasteiger partial charge is 0.329 e. The number of allylic oxidation sites excluding steroid dienone is 1. The van der Waals surface area contributed by atoms with E-state index in [1.165, 1.54) is 12.5 Å². The number of imide groups is 1. The molecular formula is C24H30N2O4S. The van der Waals surface area contributed by atoms with Crippen LogP contribution in [0.15, 0.2) is 29.2 Å². The number of hydrogen-bond donors (Lipinski definition) is 0. The number of rotatable bonds is 5. The molecule has 2 aliphatic rings. The summed E-state index contributed by atoms with van der Waals surface area (Å²) in [6.07, 6.45) is 3.98. The topological polar surface area (TPSA) is 66.9 Å². The molecule has 2 amide bonds. The van der Waals surface area contributed by atoms with Crippen LogP contribution in [0, 0.1) is 0 Å². The van der Waals surface area contributed by atoms with Crippen molar-refractivity contribution < 1.29 is 19.1 Å². The van der Waals surface area contributed by atoms with Crippen LogP contribution in [0.5, 0.6) is 0 Å². The highest BCUT2D eigenvalue weighted by molar-refractivity contribution is 8.18. The summed E-state index contributed by atoms with van der Waals surface area (Å²) in [7, 11) is 0. The van der Waals surface area contributed by atoms with Crippen LogP contribution in [0.4, 0.5) is 10.5 Å². The molecule has 1 atom stereocenters. The Morgan fingerprint density at radius 2 is 1.90 bits per heavy atom. The summed E-state index contributed by atoms with van der Waals surface area (Å²) in [6.45, 7) is 14.2. The van der Waals surface area contributed by atoms with Crippen LogP contribution in [0.25, 0.3) is 11.6 Å². The van der Waals surface area contributed by atoms with Gasteiger partial charge in [-0.05, 0) is 89.6 Å². The zero-order valence-electron chi connectivity index (χ0n) is 19.2. The van der Waals surface area contributed by atoms with Crippen molar-refractivity contribution in [3.8, 4) is 0 Å². The summed E-state index contributed by atoms with van der Waals surface area (Å²) >= 11 is 0.850. The van der Waals surface area contributed by atoms with Crippen LogP contribution in [-0.2, 0) is 14.3 Å². The Hall–Kier alpha value is -2.54. The number of esters is 1. The molecule has 1 saturated heterocycles. The standard InChI is InChI=1S/C24H30N2O4S/c1-8-30-22(28)16(5)25-21(27)20(31-23(25)29)12-17-9-10-19-18(11-17)15(4)13-24(6,7)26(19)14(2)3/h9-14,16H,8H2,1-7H3/b20-12+/t16-/m0/s1. The third kappa shape index (κ3) is 4.28. The highest BCUT2D eigenvalue weighted by atomic mass is 32.2. The van der Waals surface area contributed by atoms with E-state index in [2.05, 4.69) is 57.7 Å². The van der Waals surface area contributed by atoms with Crippen molar-refractivity contribution in [1.29, 1.82) is 0 Å². The molecule has 6 nitrogen and oxygen atoms in total. The first kappa shape index (κ1) is 23.1. The van der Waals surface area contributed by atoms with Gasteiger partial charge in [0.15, 0.2) is 0 Å². The Labute approximate surface area is 188 Å². The fourth-order valence-corrected chi connectivity index (χ4v) is 5.34. The summed E-state index contributed by atoms with van der Waals surface area (Å²) in [5.74, 6) is -1.05. The average molecular weight is 443 g/mol. The lowest BCUT2D eigenvalue weighted by Gasteiger charge is -2.46. The molecule has 1 aromatic carbocycles. The number of amides is 2. The predicted octanol–water partition coefficient (Wildman–Crippen LogP) is 5.08. The fraction of sp³-hybridized carbons (Fsp3) is 0.458. The van der Waals surface area contributed by atoms with Crippen molar-refractivity contribution in [2.45, 2.75) is 66.1 Å². The second-order valence-corrected chi connectivity index (χ2v) is 9.69. The third-order valence-electron chi connectivity index (χ3n) is 5.55. The van der Waals surface area contributed by atoms with E-state index in [1.807, 2.05) is 6.07 Å². The molecule has 1 fully saturated rings. The first-order valence-electron chi connectivity index (χ1n) is 10.5. The number of nitrogens with zero attached hydrogens (tertiary/aromatic N) is 2. The quantitative estimate of drug-likeness (QED) is 0.468. The second kappa shape index (κ2) is 8.54. The first-order valence-corrected chi connectivity index (χ1v) is 11.4. The minimum absolute atomic E-state index is 0.0986. The van der Waals surface area contributed by atoms with Crippen LogP contribution in [-0.4, -0.2) is 46.2 Å². The maximum absolute atomic E-state index is 12.8. The highest BCUT2D eigenvalue weighted by Crippen LogP contribution is 2.41. The molecular weight excluding hydrogens is 412 g/mol. The zero-order valence-corrected chi connectivity index (χ0v) is 20.0. The van der Waals surface area contributed by atoms with Gasteiger partial charge >= 0.3 is 5.97 Å². The van der Waals surface area contributed by atoms with Crippen molar-refractivity contribution in [1.82, 2.24) is 4.90 Å². The monoisotopic (exact) mass is 442 g/mol. The predicted molar refractivity (Wildman–Crippen MR) is 126 cm³/mol. The lowest BCUT2D eigenvalue weighted by atomic mass is 9.87. The van der Waals surface area contributed by atoms with Crippen LogP contribution in [0.1, 0.15) is 59.6 Å². The Bertz CT molecular complexity index is 993. The zero-order chi connectivity index (χ0) is 23.1. The van der Waals surface area contributed by atoms with E-state index in [0.29, 0.717) is 10.9 Å². The molecule has 0 bridgehead atoms. The first-order chi connectivity index (χ1) is 14.5. The molecule has 0 aliphatic carbocycles. The van der Waals surface area contributed by atoms with Crippen molar-refractivity contribution in [3.63, 3.8) is 0 Å². The van der Waals surface area contributed by atoms with Gasteiger partial charge in [0.1, 0.15) is 6.04 Å². The van der Waals surface area contributed by atoms with Gasteiger partial charge in [-0.15, -0.1) is 0 Å². The fourth-order valence-electron chi connectivity index (χ4n) is 4.43. The Morgan fingerprint density at radius 1 is 1.23 bits per heavy atom. The SMILES string of the molecule is CCOC(=O)[C@H](C)N1C(=O)S/C(=C/c2ccc3c(c2)C(C)=CC(C)(C)N3C(C)C)C1=O. The van der Waals surface area contributed by atoms with Crippen molar-refractivity contribution >= 4 is 46.2 Å². The molecule has 0 radical (unpaired) electrons. The lowest BCUT2D eigenvalue weighted by molar-refractivity contribution is -0.150. The number of thioether (sulfide) groups is 1. The molecule has 0 unspecified atom stereocenters. The summed E-state index contributed by atoms with van der Waals surface area (Å²) in [4.78, 5) is 40.9. The molecule has 2 heterocycles. The van der Waals surface area contributed by atoms with Crippen molar-refractivity contribution in [3.05, 3.63) is 40.3 Å². The van der Waals surface area contributed by atoms with Gasteiger partial charge in [0.2, 0.25) is 0 Å². The van der Waals surface area contributed by atoms with Crippen LogP contribution < -0.4 is 4.90 Å². The molecule has 31 heavy (non-hydrogen) atoms. The Balaban J connectivity index is 1.94. The van der Waals surface area contributed by atoms with E-state index in [9.17, 15) is 14.4 Å². The van der Waals surface area contributed by atoms with Crippen LogP contribution in [0.3, 0.4) is 0 Å². The molecule has 7 heteroatoms. The van der Waals surface area contributed by atoms with Gasteiger partial charge < -0.3 is 9.64 Å². The summed E-state index contributed by atoms with van der Waals surface area (Å²) in [5, 5.41) is -0.460. The number of hydrogen-bond acceptors (Lipinski definition) is 6. The molecule has 3 rings (SSSR count). The number of fused-ring (bicyclic) bond motifs is 1. The minimum atomic E-state index is -0.950. The normalized spacial score (nSPS) is 20.3. The lowest BCUT2D eigenvalue weighted by Crippen LogP contribution is -2.49. The van der Waals surface area contributed by atoms with E-state index in [-0.39, 0.29) is 12.1 Å². The Morgan fingerprint density at radius 3 is 2.52 bits per heavy atom. The van der Waals surface area contributed by atoms with E-state index in [1.54, 1.807) is 13.0 Å². The van der Waals surface area contributed by atoms with Gasteiger partial charge in [0.05, 0.1) is 17.1 Å². The van der Waals surface area contributed by atoms with Gasteiger partial charge in [0, 0.05) is 17.3 Å². The summed E-state index contributed by atoms with van der Waals surface area (Å²) in [5.41, 5.74) is 4.18. The molecule has 0 saturated carbocycles. The average Bonchev–Trinajstić information content (AvgIpc) is 2.94. The van der Waals surface area contributed by atoms with E-state index >= 15 is 0 Å². The van der Waals surface area contributed by atoms with Gasteiger partial charge in [0.25, 0.3) is 11.1 Å². The summed E-state index contributed by atoms with van der Waals surface area (Å²) < 4.78 is 4.96. The second-order valence-electron chi connectivity index (χ2n) is 8.70. The molecule has 0 aromatic heterocycles. The van der Waals surface area contributed by atoms with Gasteiger partial charge in [-0.25, -0.2) is 4.79 Å². The van der Waals surface area contributed by atoms with Crippen molar-refractivity contribution in [2.75, 3.05) is 11.5 Å². The molecule has 1 aromatic rings. The number of anilines is 1. The number of carbonyl (C=O) groups excluding carboxylic acids is 3. The largest absolute Gasteiger partial charge is 0.464 e. The highest BCUT2D eigenvalue weighted by Gasteiger charge is 2.41.